The SMILES string of the molecule is CC(C)Nc1nc(-c2ccc(CCO)nc2)cc2c1CN(C)C=N2. The van der Waals surface area contributed by atoms with E-state index < -0.39 is 0 Å². The summed E-state index contributed by atoms with van der Waals surface area (Å²) >= 11 is 0. The van der Waals surface area contributed by atoms with Crippen LogP contribution in [0.1, 0.15) is 25.1 Å². The van der Waals surface area contributed by atoms with Crippen LogP contribution in [0.3, 0.4) is 0 Å². The van der Waals surface area contributed by atoms with Gasteiger partial charge in [0, 0.05) is 55.7 Å². The zero-order valence-corrected chi connectivity index (χ0v) is 14.3. The summed E-state index contributed by atoms with van der Waals surface area (Å²) in [7, 11) is 2.00. The molecule has 2 aromatic heterocycles. The molecule has 1 aliphatic rings. The van der Waals surface area contributed by atoms with Crippen molar-refractivity contribution in [1.29, 1.82) is 0 Å². The van der Waals surface area contributed by atoms with Crippen LogP contribution in [0.5, 0.6) is 0 Å². The van der Waals surface area contributed by atoms with Gasteiger partial charge in [-0.05, 0) is 32.0 Å². The number of aliphatic imine (C=N–C) groups is 1. The van der Waals surface area contributed by atoms with Gasteiger partial charge < -0.3 is 15.3 Å². The number of anilines is 1. The average molecular weight is 325 g/mol. The monoisotopic (exact) mass is 325 g/mol. The van der Waals surface area contributed by atoms with Crippen LogP contribution in [-0.2, 0) is 13.0 Å². The van der Waals surface area contributed by atoms with Gasteiger partial charge in [-0.3, -0.25) is 4.98 Å². The number of pyridine rings is 2. The van der Waals surface area contributed by atoms with Crippen LogP contribution in [0.2, 0.25) is 0 Å². The molecule has 0 spiro atoms. The number of nitrogens with zero attached hydrogens (tertiary/aromatic N) is 4. The van der Waals surface area contributed by atoms with E-state index in [2.05, 4.69) is 29.1 Å². The molecule has 0 bridgehead atoms. The molecule has 2 N–H and O–H groups in total. The van der Waals surface area contributed by atoms with Gasteiger partial charge in [-0.1, -0.05) is 0 Å². The normalized spacial score (nSPS) is 13.3. The van der Waals surface area contributed by atoms with Gasteiger partial charge in [0.1, 0.15) is 5.82 Å². The van der Waals surface area contributed by atoms with E-state index in [0.29, 0.717) is 6.42 Å². The number of aromatic nitrogens is 2. The Morgan fingerprint density at radius 2 is 2.17 bits per heavy atom. The molecule has 2 aromatic rings. The molecule has 0 radical (unpaired) electrons. The van der Waals surface area contributed by atoms with E-state index in [1.54, 1.807) is 6.20 Å². The van der Waals surface area contributed by atoms with Crippen LogP contribution in [0.25, 0.3) is 11.3 Å². The molecule has 24 heavy (non-hydrogen) atoms. The lowest BCUT2D eigenvalue weighted by Gasteiger charge is -2.24. The molecule has 0 unspecified atom stereocenters. The van der Waals surface area contributed by atoms with Crippen molar-refractivity contribution in [1.82, 2.24) is 14.9 Å². The third-order valence-corrected chi connectivity index (χ3v) is 3.82. The van der Waals surface area contributed by atoms with Crippen molar-refractivity contribution in [2.75, 3.05) is 19.0 Å². The Hall–Kier alpha value is -2.47. The van der Waals surface area contributed by atoms with Gasteiger partial charge in [-0.2, -0.15) is 0 Å². The fourth-order valence-corrected chi connectivity index (χ4v) is 2.66. The Morgan fingerprint density at radius 1 is 1.33 bits per heavy atom. The van der Waals surface area contributed by atoms with E-state index in [9.17, 15) is 0 Å². The highest BCUT2D eigenvalue weighted by Crippen LogP contribution is 2.33. The molecule has 0 saturated heterocycles. The number of nitrogens with one attached hydrogen (secondary N) is 1. The average Bonchev–Trinajstić information content (AvgIpc) is 2.55. The quantitative estimate of drug-likeness (QED) is 0.884. The molecule has 6 nitrogen and oxygen atoms in total. The van der Waals surface area contributed by atoms with E-state index in [0.717, 1.165) is 40.6 Å². The maximum Gasteiger partial charge on any atom is 0.134 e. The Bertz CT molecular complexity index is 740. The molecule has 6 heteroatoms. The number of hydrogen-bond donors (Lipinski definition) is 2. The van der Waals surface area contributed by atoms with Crippen LogP contribution in [0.4, 0.5) is 11.5 Å². The first-order chi connectivity index (χ1) is 11.6. The van der Waals surface area contributed by atoms with Crippen molar-refractivity contribution >= 4 is 17.8 Å². The molecule has 0 saturated carbocycles. The maximum atomic E-state index is 9.00. The number of rotatable bonds is 5. The van der Waals surface area contributed by atoms with Crippen molar-refractivity contribution in [3.8, 4) is 11.3 Å². The van der Waals surface area contributed by atoms with Gasteiger partial charge in [0.05, 0.1) is 17.7 Å². The van der Waals surface area contributed by atoms with Crippen LogP contribution < -0.4 is 5.32 Å². The van der Waals surface area contributed by atoms with Crippen LogP contribution in [0, 0.1) is 0 Å². The van der Waals surface area contributed by atoms with Crippen molar-refractivity contribution in [3.05, 3.63) is 35.7 Å². The number of aliphatic hydroxyl groups excluding tert-OH is 1. The molecule has 0 fully saturated rings. The molecule has 0 amide bonds. The highest BCUT2D eigenvalue weighted by Gasteiger charge is 2.18. The summed E-state index contributed by atoms with van der Waals surface area (Å²) in [4.78, 5) is 15.8. The second-order valence-electron chi connectivity index (χ2n) is 6.32. The standard InChI is InChI=1S/C18H23N5O/c1-12(2)21-18-15-10-23(3)11-20-17(15)8-16(22-18)13-4-5-14(6-7-24)19-9-13/h4-5,8-9,11-12,24H,6-7,10H2,1-3H3,(H,21,22). The molecule has 3 heterocycles. The second-order valence-corrected chi connectivity index (χ2v) is 6.32. The maximum absolute atomic E-state index is 9.00. The van der Waals surface area contributed by atoms with Crippen molar-refractivity contribution in [3.63, 3.8) is 0 Å². The van der Waals surface area contributed by atoms with E-state index in [1.165, 1.54) is 0 Å². The summed E-state index contributed by atoms with van der Waals surface area (Å²) in [5, 5.41) is 12.4. The summed E-state index contributed by atoms with van der Waals surface area (Å²) in [6.07, 6.45) is 4.21. The molecular weight excluding hydrogens is 302 g/mol. The Morgan fingerprint density at radius 3 is 2.83 bits per heavy atom. The van der Waals surface area contributed by atoms with E-state index in [-0.39, 0.29) is 12.6 Å². The zero-order chi connectivity index (χ0) is 17.1. The Labute approximate surface area is 142 Å². The summed E-state index contributed by atoms with van der Waals surface area (Å²) in [6.45, 7) is 5.09. The first-order valence-electron chi connectivity index (χ1n) is 8.18. The lowest BCUT2D eigenvalue weighted by Crippen LogP contribution is -2.22. The van der Waals surface area contributed by atoms with Gasteiger partial charge in [0.15, 0.2) is 0 Å². The highest BCUT2D eigenvalue weighted by atomic mass is 16.3. The Kier molecular flexibility index (Phi) is 4.76. The first-order valence-corrected chi connectivity index (χ1v) is 8.18. The Balaban J connectivity index is 2.01. The van der Waals surface area contributed by atoms with Crippen molar-refractivity contribution in [2.45, 2.75) is 32.9 Å². The molecule has 1 aliphatic heterocycles. The molecule has 0 aromatic carbocycles. The number of fused-ring (bicyclic) bond motifs is 1. The van der Waals surface area contributed by atoms with Gasteiger partial charge in [-0.25, -0.2) is 9.98 Å². The van der Waals surface area contributed by atoms with Gasteiger partial charge in [-0.15, -0.1) is 0 Å². The zero-order valence-electron chi connectivity index (χ0n) is 14.3. The van der Waals surface area contributed by atoms with E-state index in [4.69, 9.17) is 10.1 Å². The molecule has 3 rings (SSSR count). The van der Waals surface area contributed by atoms with Gasteiger partial charge >= 0.3 is 0 Å². The predicted molar refractivity (Wildman–Crippen MR) is 96.6 cm³/mol. The topological polar surface area (TPSA) is 73.6 Å². The minimum absolute atomic E-state index is 0.105. The van der Waals surface area contributed by atoms with Crippen molar-refractivity contribution < 1.29 is 5.11 Å². The smallest absolute Gasteiger partial charge is 0.134 e. The first kappa shape index (κ1) is 16.4. The fraction of sp³-hybridized carbons (Fsp3) is 0.389. The largest absolute Gasteiger partial charge is 0.396 e. The highest BCUT2D eigenvalue weighted by molar-refractivity contribution is 5.75. The second kappa shape index (κ2) is 6.97. The molecular formula is C18H23N5O. The van der Waals surface area contributed by atoms with Gasteiger partial charge in [0.2, 0.25) is 0 Å². The minimum atomic E-state index is 0.105. The van der Waals surface area contributed by atoms with Crippen LogP contribution in [0.15, 0.2) is 29.4 Å². The van der Waals surface area contributed by atoms with E-state index >= 15 is 0 Å². The summed E-state index contributed by atoms with van der Waals surface area (Å²) < 4.78 is 0. The lowest BCUT2D eigenvalue weighted by atomic mass is 10.1. The predicted octanol–water partition coefficient (Wildman–Crippen LogP) is 2.60. The molecule has 0 aliphatic carbocycles. The number of aliphatic hydroxyl groups is 1. The third kappa shape index (κ3) is 3.54. The molecule has 0 atom stereocenters. The van der Waals surface area contributed by atoms with Crippen LogP contribution in [-0.4, -0.2) is 46.0 Å². The summed E-state index contributed by atoms with van der Waals surface area (Å²) in [5.41, 5.74) is 4.73. The van der Waals surface area contributed by atoms with Gasteiger partial charge in [0.25, 0.3) is 0 Å². The van der Waals surface area contributed by atoms with Crippen molar-refractivity contribution in [2.24, 2.45) is 4.99 Å². The van der Waals surface area contributed by atoms with E-state index in [1.807, 2.05) is 36.5 Å². The third-order valence-electron chi connectivity index (χ3n) is 3.82. The number of hydrogen-bond acceptors (Lipinski definition) is 6. The fourth-order valence-electron chi connectivity index (χ4n) is 2.66. The van der Waals surface area contributed by atoms with Crippen LogP contribution >= 0.6 is 0 Å². The minimum Gasteiger partial charge on any atom is -0.396 e. The summed E-state index contributed by atoms with van der Waals surface area (Å²) in [6, 6.07) is 6.22. The summed E-state index contributed by atoms with van der Waals surface area (Å²) in [5.74, 6) is 0.876. The lowest BCUT2D eigenvalue weighted by molar-refractivity contribution is 0.298. The molecule has 126 valence electrons.